The number of hydrogen-bond donors (Lipinski definition) is 2. The number of nitrogens with zero attached hydrogens (tertiary/aromatic N) is 1. The second-order valence-electron chi connectivity index (χ2n) is 5.32. The Labute approximate surface area is 157 Å². The van der Waals surface area contributed by atoms with E-state index < -0.39 is 5.91 Å². The SMILES string of the molecule is C=CCOc1ccc(C(=O)N/N=C/c2ccc(O)c(OCC)c2)cc1OC. The van der Waals surface area contributed by atoms with Gasteiger partial charge in [-0.3, -0.25) is 4.79 Å². The van der Waals surface area contributed by atoms with Crippen LogP contribution >= 0.6 is 0 Å². The Morgan fingerprint density at radius 2 is 2.00 bits per heavy atom. The largest absolute Gasteiger partial charge is 0.504 e. The molecule has 0 aliphatic rings. The summed E-state index contributed by atoms with van der Waals surface area (Å²) in [5.74, 6) is 0.957. The molecule has 0 unspecified atom stereocenters. The number of benzene rings is 2. The molecule has 7 heteroatoms. The fourth-order valence-corrected chi connectivity index (χ4v) is 2.19. The van der Waals surface area contributed by atoms with Gasteiger partial charge in [0, 0.05) is 5.56 Å². The Balaban J connectivity index is 2.05. The number of hydrazone groups is 1. The summed E-state index contributed by atoms with van der Waals surface area (Å²) >= 11 is 0. The van der Waals surface area contributed by atoms with E-state index in [1.807, 2.05) is 6.92 Å². The van der Waals surface area contributed by atoms with Crippen molar-refractivity contribution >= 4 is 12.1 Å². The van der Waals surface area contributed by atoms with Crippen LogP contribution < -0.4 is 19.6 Å². The van der Waals surface area contributed by atoms with Crippen molar-refractivity contribution in [2.75, 3.05) is 20.3 Å². The van der Waals surface area contributed by atoms with Crippen molar-refractivity contribution < 1.29 is 24.1 Å². The number of rotatable bonds is 9. The molecule has 7 nitrogen and oxygen atoms in total. The van der Waals surface area contributed by atoms with Gasteiger partial charge in [0.15, 0.2) is 23.0 Å². The zero-order valence-corrected chi connectivity index (χ0v) is 15.3. The van der Waals surface area contributed by atoms with E-state index in [0.717, 1.165) is 0 Å². The van der Waals surface area contributed by atoms with Crippen LogP contribution in [0.5, 0.6) is 23.0 Å². The Kier molecular flexibility index (Phi) is 7.25. The maximum absolute atomic E-state index is 12.2. The number of hydrogen-bond acceptors (Lipinski definition) is 6. The standard InChI is InChI=1S/C20H22N2O5/c1-4-10-27-17-9-7-15(12-19(17)25-3)20(24)22-21-13-14-6-8-16(23)18(11-14)26-5-2/h4,6-9,11-13,23H,1,5,10H2,2-3H3,(H,22,24)/b21-13+. The topological polar surface area (TPSA) is 89.4 Å². The summed E-state index contributed by atoms with van der Waals surface area (Å²) in [4.78, 5) is 12.2. The molecule has 0 spiro atoms. The number of amides is 1. The molecule has 0 atom stereocenters. The minimum absolute atomic E-state index is 0.0453. The molecule has 2 aromatic carbocycles. The number of nitrogens with one attached hydrogen (secondary N) is 1. The van der Waals surface area contributed by atoms with Crippen molar-refractivity contribution in [1.29, 1.82) is 0 Å². The molecule has 0 aromatic heterocycles. The van der Waals surface area contributed by atoms with Gasteiger partial charge < -0.3 is 19.3 Å². The zero-order valence-electron chi connectivity index (χ0n) is 15.3. The van der Waals surface area contributed by atoms with Gasteiger partial charge >= 0.3 is 0 Å². The van der Waals surface area contributed by atoms with Crippen molar-refractivity contribution in [3.05, 3.63) is 60.2 Å². The second kappa shape index (κ2) is 9.86. The van der Waals surface area contributed by atoms with Crippen LogP contribution in [0.3, 0.4) is 0 Å². The first-order valence-electron chi connectivity index (χ1n) is 8.30. The van der Waals surface area contributed by atoms with Gasteiger partial charge in [-0.05, 0) is 48.9 Å². The number of aromatic hydroxyl groups is 1. The van der Waals surface area contributed by atoms with Gasteiger partial charge in [0.05, 0.1) is 19.9 Å². The summed E-state index contributed by atoms with van der Waals surface area (Å²) in [6.45, 7) is 6.18. The highest BCUT2D eigenvalue weighted by Gasteiger charge is 2.10. The van der Waals surface area contributed by atoms with Crippen LogP contribution in [-0.4, -0.2) is 37.6 Å². The zero-order chi connectivity index (χ0) is 19.6. The summed E-state index contributed by atoms with van der Waals surface area (Å²) in [5.41, 5.74) is 3.48. The Morgan fingerprint density at radius 3 is 2.70 bits per heavy atom. The van der Waals surface area contributed by atoms with Gasteiger partial charge in [-0.2, -0.15) is 5.10 Å². The maximum atomic E-state index is 12.2. The summed E-state index contributed by atoms with van der Waals surface area (Å²) in [7, 11) is 1.50. The highest BCUT2D eigenvalue weighted by Crippen LogP contribution is 2.28. The number of carbonyl (C=O) groups is 1. The van der Waals surface area contributed by atoms with E-state index in [2.05, 4.69) is 17.1 Å². The molecule has 2 aromatic rings. The average Bonchev–Trinajstić information content (AvgIpc) is 2.68. The van der Waals surface area contributed by atoms with E-state index in [-0.39, 0.29) is 5.75 Å². The molecular formula is C20H22N2O5. The quantitative estimate of drug-likeness (QED) is 0.402. The van der Waals surface area contributed by atoms with Crippen LogP contribution in [0, 0.1) is 0 Å². The van der Waals surface area contributed by atoms with Gasteiger partial charge in [-0.15, -0.1) is 0 Å². The van der Waals surface area contributed by atoms with Crippen LogP contribution in [0.2, 0.25) is 0 Å². The fourth-order valence-electron chi connectivity index (χ4n) is 2.19. The van der Waals surface area contributed by atoms with Crippen molar-refractivity contribution in [3.8, 4) is 23.0 Å². The third-order valence-electron chi connectivity index (χ3n) is 3.45. The molecule has 0 aliphatic carbocycles. The molecule has 0 saturated heterocycles. The van der Waals surface area contributed by atoms with Crippen molar-refractivity contribution in [3.63, 3.8) is 0 Å². The number of methoxy groups -OCH3 is 1. The predicted octanol–water partition coefficient (Wildman–Crippen LogP) is 3.13. The van der Waals surface area contributed by atoms with Crippen LogP contribution in [-0.2, 0) is 0 Å². The lowest BCUT2D eigenvalue weighted by atomic mass is 10.2. The van der Waals surface area contributed by atoms with E-state index in [0.29, 0.717) is 41.6 Å². The first kappa shape index (κ1) is 19.8. The molecule has 2 N–H and O–H groups in total. The van der Waals surface area contributed by atoms with E-state index >= 15 is 0 Å². The van der Waals surface area contributed by atoms with Gasteiger partial charge in [-0.1, -0.05) is 12.7 Å². The molecule has 0 bridgehead atoms. The molecule has 0 heterocycles. The predicted molar refractivity (Wildman–Crippen MR) is 103 cm³/mol. The normalized spacial score (nSPS) is 10.4. The fraction of sp³-hybridized carbons (Fsp3) is 0.200. The Hall–Kier alpha value is -3.48. The van der Waals surface area contributed by atoms with Crippen LogP contribution in [0.15, 0.2) is 54.2 Å². The van der Waals surface area contributed by atoms with Crippen LogP contribution in [0.1, 0.15) is 22.8 Å². The maximum Gasteiger partial charge on any atom is 0.271 e. The molecular weight excluding hydrogens is 348 g/mol. The Bertz CT molecular complexity index is 833. The summed E-state index contributed by atoms with van der Waals surface area (Å²) in [5, 5.41) is 13.6. The van der Waals surface area contributed by atoms with Gasteiger partial charge in [-0.25, -0.2) is 5.43 Å². The second-order valence-corrected chi connectivity index (χ2v) is 5.32. The third-order valence-corrected chi connectivity index (χ3v) is 3.45. The number of carbonyl (C=O) groups excluding carboxylic acids is 1. The third kappa shape index (κ3) is 5.50. The van der Waals surface area contributed by atoms with Crippen molar-refractivity contribution in [2.45, 2.75) is 6.92 Å². The van der Waals surface area contributed by atoms with E-state index in [1.54, 1.807) is 36.4 Å². The molecule has 0 aliphatic heterocycles. The number of phenols is 1. The van der Waals surface area contributed by atoms with Gasteiger partial charge in [0.2, 0.25) is 0 Å². The lowest BCUT2D eigenvalue weighted by Crippen LogP contribution is -2.17. The molecule has 2 rings (SSSR count). The van der Waals surface area contributed by atoms with Crippen LogP contribution in [0.4, 0.5) is 0 Å². The molecule has 0 fully saturated rings. The molecule has 1 amide bonds. The van der Waals surface area contributed by atoms with Gasteiger partial charge in [0.25, 0.3) is 5.91 Å². The minimum atomic E-state index is -0.399. The summed E-state index contributed by atoms with van der Waals surface area (Å²) < 4.78 is 16.0. The van der Waals surface area contributed by atoms with Gasteiger partial charge in [0.1, 0.15) is 6.61 Å². The molecule has 27 heavy (non-hydrogen) atoms. The lowest BCUT2D eigenvalue weighted by Gasteiger charge is -2.10. The van der Waals surface area contributed by atoms with Crippen molar-refractivity contribution in [2.24, 2.45) is 5.10 Å². The lowest BCUT2D eigenvalue weighted by molar-refractivity contribution is 0.0954. The summed E-state index contributed by atoms with van der Waals surface area (Å²) in [6, 6.07) is 9.61. The minimum Gasteiger partial charge on any atom is -0.504 e. The highest BCUT2D eigenvalue weighted by atomic mass is 16.5. The first-order chi connectivity index (χ1) is 13.1. The molecule has 142 valence electrons. The van der Waals surface area contributed by atoms with E-state index in [9.17, 15) is 9.90 Å². The van der Waals surface area contributed by atoms with Crippen LogP contribution in [0.25, 0.3) is 0 Å². The molecule has 0 radical (unpaired) electrons. The number of phenolic OH excluding ortho intramolecular Hbond substituents is 1. The monoisotopic (exact) mass is 370 g/mol. The highest BCUT2D eigenvalue weighted by molar-refractivity contribution is 5.95. The number of ether oxygens (including phenoxy) is 3. The van der Waals surface area contributed by atoms with Crippen molar-refractivity contribution in [1.82, 2.24) is 5.43 Å². The smallest absolute Gasteiger partial charge is 0.271 e. The van der Waals surface area contributed by atoms with E-state index in [4.69, 9.17) is 14.2 Å². The Morgan fingerprint density at radius 1 is 1.19 bits per heavy atom. The first-order valence-corrected chi connectivity index (χ1v) is 8.30. The van der Waals surface area contributed by atoms with E-state index in [1.165, 1.54) is 19.4 Å². The average molecular weight is 370 g/mol. The molecule has 0 saturated carbocycles. The summed E-state index contributed by atoms with van der Waals surface area (Å²) in [6.07, 6.45) is 3.08.